The molecule has 4 N–H and O–H groups in total. The summed E-state index contributed by atoms with van der Waals surface area (Å²) in [6.45, 7) is 1.31. The van der Waals surface area contributed by atoms with Crippen LogP contribution in [0.5, 0.6) is 0 Å². The zero-order valence-electron chi connectivity index (χ0n) is 21.3. The van der Waals surface area contributed by atoms with Crippen molar-refractivity contribution in [3.8, 4) is 0 Å². The molecule has 34 heavy (non-hydrogen) atoms. The number of amides is 3. The predicted molar refractivity (Wildman–Crippen MR) is 116 cm³/mol. The summed E-state index contributed by atoms with van der Waals surface area (Å²) < 4.78 is 55.1. The number of hydrogen-bond donors (Lipinski definition) is 4. The summed E-state index contributed by atoms with van der Waals surface area (Å²) in [7, 11) is -5.24. The third kappa shape index (κ3) is 9.88. The van der Waals surface area contributed by atoms with Crippen LogP contribution in [-0.2, 0) is 31.0 Å². The van der Waals surface area contributed by atoms with Crippen molar-refractivity contribution in [2.75, 3.05) is 6.54 Å². The molecule has 2 rings (SSSR count). The molecular formula is C21H30N3NaO8S. The van der Waals surface area contributed by atoms with Gasteiger partial charge < -0.3 is 30.3 Å². The molecule has 3 amide bonds. The van der Waals surface area contributed by atoms with Crippen molar-refractivity contribution in [2.45, 2.75) is 57.2 Å². The van der Waals surface area contributed by atoms with Crippen molar-refractivity contribution in [3.05, 3.63) is 35.9 Å². The maximum Gasteiger partial charge on any atom is 1.00 e. The Bertz CT molecular complexity index is 1010. The van der Waals surface area contributed by atoms with Gasteiger partial charge in [-0.2, -0.15) is 0 Å². The molecule has 1 aromatic rings. The van der Waals surface area contributed by atoms with Crippen LogP contribution in [-0.4, -0.2) is 60.0 Å². The first-order valence-corrected chi connectivity index (χ1v) is 11.9. The van der Waals surface area contributed by atoms with Crippen molar-refractivity contribution >= 4 is 28.0 Å². The van der Waals surface area contributed by atoms with Gasteiger partial charge in [0, 0.05) is 12.5 Å². The van der Waals surface area contributed by atoms with Gasteiger partial charge in [0.05, 0.1) is 8.78 Å². The Kier molecular flexibility index (Phi) is 11.1. The van der Waals surface area contributed by atoms with E-state index >= 15 is 0 Å². The number of carbonyl (C=O) groups excluding carboxylic acids is 3. The zero-order chi connectivity index (χ0) is 26.4. The summed E-state index contributed by atoms with van der Waals surface area (Å²) in [5, 5.41) is 17.1. The van der Waals surface area contributed by atoms with E-state index < -0.39 is 58.0 Å². The Morgan fingerprint density at radius 1 is 1.29 bits per heavy atom. The normalized spacial score (nSPS) is 19.6. The van der Waals surface area contributed by atoms with Gasteiger partial charge in [-0.15, -0.1) is 0 Å². The van der Waals surface area contributed by atoms with Gasteiger partial charge in [0.1, 0.15) is 22.7 Å². The van der Waals surface area contributed by atoms with Crippen LogP contribution < -0.4 is 45.5 Å². The summed E-state index contributed by atoms with van der Waals surface area (Å²) in [4.78, 5) is 37.3. The first-order chi connectivity index (χ1) is 16.2. The van der Waals surface area contributed by atoms with Crippen molar-refractivity contribution in [1.82, 2.24) is 16.0 Å². The average Bonchev–Trinajstić information content (AvgIpc) is 3.15. The average molecular weight is 510 g/mol. The SMILES string of the molecule is [2H]C([2H])(OC(=O)N[C@H](CC(C)C)C(=O)N[C@H](C[C@@H]1CCNC1=O)C(O)S(=O)(=O)[O-])c1ccccc1.[Na+]. The molecule has 0 spiro atoms. The zero-order valence-corrected chi connectivity index (χ0v) is 22.1. The first kappa shape index (κ1) is 26.9. The molecule has 0 aliphatic carbocycles. The van der Waals surface area contributed by atoms with Crippen molar-refractivity contribution in [2.24, 2.45) is 11.8 Å². The quantitative estimate of drug-likeness (QED) is 0.183. The second-order valence-electron chi connectivity index (χ2n) is 8.19. The number of benzene rings is 1. The van der Waals surface area contributed by atoms with Crippen LogP contribution in [0.2, 0.25) is 0 Å². The van der Waals surface area contributed by atoms with Crippen LogP contribution in [0.1, 0.15) is 41.4 Å². The summed E-state index contributed by atoms with van der Waals surface area (Å²) in [6.07, 6.45) is -1.18. The van der Waals surface area contributed by atoms with Crippen molar-refractivity contribution in [3.63, 3.8) is 0 Å². The van der Waals surface area contributed by atoms with Gasteiger partial charge >= 0.3 is 35.7 Å². The summed E-state index contributed by atoms with van der Waals surface area (Å²) >= 11 is 0. The van der Waals surface area contributed by atoms with Gasteiger partial charge in [-0.25, -0.2) is 13.2 Å². The summed E-state index contributed by atoms with van der Waals surface area (Å²) in [5.41, 5.74) is -2.45. The van der Waals surface area contributed by atoms with Gasteiger partial charge in [0.2, 0.25) is 11.8 Å². The number of rotatable bonds is 11. The van der Waals surface area contributed by atoms with Gasteiger partial charge in [-0.05, 0) is 30.7 Å². The molecule has 1 fully saturated rings. The summed E-state index contributed by atoms with van der Waals surface area (Å²) in [5.74, 6) is -2.20. The Morgan fingerprint density at radius 2 is 1.94 bits per heavy atom. The van der Waals surface area contributed by atoms with Crippen LogP contribution >= 0.6 is 0 Å². The second-order valence-corrected chi connectivity index (χ2v) is 9.66. The smallest absolute Gasteiger partial charge is 0.746 e. The summed E-state index contributed by atoms with van der Waals surface area (Å²) in [6, 6.07) is 4.69. The maximum atomic E-state index is 13.0. The number of carbonyl (C=O) groups is 3. The molecule has 1 heterocycles. The Hall–Kier alpha value is -1.70. The van der Waals surface area contributed by atoms with E-state index in [1.807, 2.05) is 0 Å². The van der Waals surface area contributed by atoms with E-state index in [-0.39, 0.29) is 53.9 Å². The molecule has 11 nitrogen and oxygen atoms in total. The predicted octanol–water partition coefficient (Wildman–Crippen LogP) is -2.79. The molecule has 4 atom stereocenters. The topological polar surface area (TPSA) is 174 Å². The van der Waals surface area contributed by atoms with E-state index in [0.29, 0.717) is 13.0 Å². The number of alkyl carbamates (subject to hydrolysis) is 1. The Balaban J connectivity index is 0.00000648. The monoisotopic (exact) mass is 509 g/mol. The van der Waals surface area contributed by atoms with Crippen molar-refractivity contribution < 1.29 is 69.5 Å². The first-order valence-electron chi connectivity index (χ1n) is 11.5. The van der Waals surface area contributed by atoms with E-state index in [1.165, 1.54) is 12.1 Å². The van der Waals surface area contributed by atoms with Crippen LogP contribution in [0, 0.1) is 11.8 Å². The number of ether oxygens (including phenoxy) is 1. The van der Waals surface area contributed by atoms with E-state index in [1.54, 1.807) is 32.0 Å². The van der Waals surface area contributed by atoms with Crippen molar-refractivity contribution in [1.29, 1.82) is 0 Å². The second kappa shape index (κ2) is 14.0. The fourth-order valence-corrected chi connectivity index (χ4v) is 3.98. The van der Waals surface area contributed by atoms with Crippen LogP contribution in [0.25, 0.3) is 0 Å². The molecule has 1 saturated heterocycles. The van der Waals surface area contributed by atoms with Gasteiger partial charge in [0.25, 0.3) is 0 Å². The molecule has 0 bridgehead atoms. The molecule has 1 aliphatic rings. The third-order valence-corrected chi connectivity index (χ3v) is 5.94. The minimum Gasteiger partial charge on any atom is -0.746 e. The molecule has 0 radical (unpaired) electrons. The van der Waals surface area contributed by atoms with Crippen LogP contribution in [0.3, 0.4) is 0 Å². The van der Waals surface area contributed by atoms with Crippen LogP contribution in [0.4, 0.5) is 4.79 Å². The minimum atomic E-state index is -5.24. The van der Waals surface area contributed by atoms with Crippen LogP contribution in [0.15, 0.2) is 30.3 Å². The number of hydrogen-bond acceptors (Lipinski definition) is 8. The Morgan fingerprint density at radius 3 is 2.47 bits per heavy atom. The van der Waals surface area contributed by atoms with E-state index in [9.17, 15) is 32.5 Å². The van der Waals surface area contributed by atoms with E-state index in [0.717, 1.165) is 0 Å². The molecule has 1 unspecified atom stereocenters. The number of aliphatic hydroxyl groups excluding tert-OH is 1. The van der Waals surface area contributed by atoms with Gasteiger partial charge in [-0.1, -0.05) is 44.2 Å². The molecule has 1 aromatic carbocycles. The largest absolute Gasteiger partial charge is 1.00 e. The molecule has 0 aromatic heterocycles. The van der Waals surface area contributed by atoms with E-state index in [4.69, 9.17) is 7.48 Å². The minimum absolute atomic E-state index is 0. The maximum absolute atomic E-state index is 13.0. The number of nitrogens with one attached hydrogen (secondary N) is 3. The molecule has 184 valence electrons. The molecule has 13 heteroatoms. The molecular weight excluding hydrogens is 477 g/mol. The standard InChI is InChI=1S/C21H31N3O8S.Na/c1-13(2)10-16(24-21(28)32-12-14-6-4-3-5-7-14)19(26)23-17(20(27)33(29,30)31)11-15-8-9-22-18(15)25;/h3-7,13,15-17,20,27H,8-12H2,1-2H3,(H,22,25)(H,23,26)(H,24,28)(H,29,30,31);/q;+1/p-1/t15-,16+,17+,20?;/m0./s1/i12D2;. The number of aliphatic hydroxyl groups is 1. The van der Waals surface area contributed by atoms with E-state index in [2.05, 4.69) is 16.0 Å². The van der Waals surface area contributed by atoms with Gasteiger partial charge in [0.15, 0.2) is 5.44 Å². The Labute approximate surface area is 224 Å². The fourth-order valence-electron chi connectivity index (χ4n) is 3.39. The molecule has 1 aliphatic heterocycles. The van der Waals surface area contributed by atoms with Gasteiger partial charge in [-0.3, -0.25) is 9.59 Å². The third-order valence-electron chi connectivity index (χ3n) is 5.02. The fraction of sp³-hybridized carbons (Fsp3) is 0.571. The molecule has 0 saturated carbocycles.